The summed E-state index contributed by atoms with van der Waals surface area (Å²) >= 11 is 0. The summed E-state index contributed by atoms with van der Waals surface area (Å²) in [6, 6.07) is 0. The van der Waals surface area contributed by atoms with Gasteiger partial charge in [-0.2, -0.15) is 0 Å². The average molecular weight is 1180 g/mol. The molecule has 0 heterocycles. The second-order valence-corrected chi connectivity index (χ2v) is 23.0. The summed E-state index contributed by atoms with van der Waals surface area (Å²) < 4.78 is 22.7. The molecule has 0 radical (unpaired) electrons. The van der Waals surface area contributed by atoms with Crippen molar-refractivity contribution in [2.45, 2.75) is 257 Å². The Labute approximate surface area is 521 Å². The minimum Gasteiger partial charge on any atom is -0.545 e. The van der Waals surface area contributed by atoms with E-state index in [0.29, 0.717) is 17.4 Å². The number of carboxylic acids is 1. The molecule has 0 fully saturated rings. The lowest BCUT2D eigenvalue weighted by atomic mass is 10.0. The SMILES string of the molecule is CC/C=C\C/C=C\C/C=C\C/C=C\C/C=C\C/C=C\C/C=C\C/C=C\C/C=C\C/C=C\CCCCCCCCCCCCC(=O)OC(COC(=O)CCCCCCCC/C=C\C/C=C\C/C=C\CCCCC)COC(OCC[N+](C)(C)C)C(=O)[O-]. The smallest absolute Gasteiger partial charge is 0.306 e. The summed E-state index contributed by atoms with van der Waals surface area (Å²) in [5.74, 6) is -2.32. The van der Waals surface area contributed by atoms with Gasteiger partial charge in [0.05, 0.1) is 40.3 Å². The van der Waals surface area contributed by atoms with Gasteiger partial charge in [-0.1, -0.05) is 262 Å². The Balaban J connectivity index is 4.17. The van der Waals surface area contributed by atoms with Crippen LogP contribution in [0, 0.1) is 0 Å². The summed E-state index contributed by atoms with van der Waals surface area (Å²) in [7, 11) is 5.91. The Morgan fingerprint density at radius 1 is 0.365 bits per heavy atom. The van der Waals surface area contributed by atoms with Crippen molar-refractivity contribution in [2.24, 2.45) is 0 Å². The molecular formula is C76H123NO8. The third-order valence-electron chi connectivity index (χ3n) is 13.8. The van der Waals surface area contributed by atoms with Crippen molar-refractivity contribution < 1.29 is 42.9 Å². The number of carbonyl (C=O) groups is 3. The minimum absolute atomic E-state index is 0.137. The van der Waals surface area contributed by atoms with Crippen LogP contribution in [0.5, 0.6) is 0 Å². The van der Waals surface area contributed by atoms with Crippen LogP contribution in [0.2, 0.25) is 0 Å². The predicted molar refractivity (Wildman–Crippen MR) is 361 cm³/mol. The number of aliphatic carboxylic acids is 1. The van der Waals surface area contributed by atoms with Gasteiger partial charge in [0.15, 0.2) is 12.4 Å². The summed E-state index contributed by atoms with van der Waals surface area (Å²) in [6.07, 6.45) is 93.1. The first-order chi connectivity index (χ1) is 41.6. The zero-order valence-corrected chi connectivity index (χ0v) is 54.7. The predicted octanol–water partition coefficient (Wildman–Crippen LogP) is 19.6. The lowest BCUT2D eigenvalue weighted by molar-refractivity contribution is -0.870. The molecule has 0 N–H and O–H groups in total. The molecule has 0 amide bonds. The third kappa shape index (κ3) is 66.3. The van der Waals surface area contributed by atoms with Crippen LogP contribution in [0.25, 0.3) is 0 Å². The topological polar surface area (TPSA) is 111 Å². The van der Waals surface area contributed by atoms with Crippen LogP contribution in [-0.2, 0) is 33.3 Å². The number of carboxylic acid groups (broad SMARTS) is 1. The molecule has 0 aliphatic heterocycles. The average Bonchev–Trinajstić information content (AvgIpc) is 3.49. The standard InChI is InChI=1S/C76H123NO8/c1-6-8-10-12-14-16-18-20-22-24-26-27-28-29-30-31-32-33-34-35-36-37-38-39-40-41-42-43-44-45-46-47-49-51-53-55-57-59-61-63-65-67-74(79)85-72(71-84-76(75(80)81)82-69-68-77(3,4)5)70-83-73(78)66-64-62-60-58-56-54-52-50-48-25-23-21-19-17-15-13-11-9-7-2/h8,10,14-17,20-23,26-27,29-30,32-33,35-36,38-39,41-42,44-45,48,50,72,76H,6-7,9,11-13,18-19,24-25,28,31,34,37,40,43,46-47,49,51-71H2,1-5H3/b10-8-,16-14-,17-15-,22-20-,23-21-,27-26-,30-29-,33-32-,36-35-,39-38-,42-41-,45-44-,50-48-. The van der Waals surface area contributed by atoms with E-state index in [-0.39, 0.29) is 38.6 Å². The molecule has 2 atom stereocenters. The van der Waals surface area contributed by atoms with Gasteiger partial charge in [0.2, 0.25) is 0 Å². The molecular weight excluding hydrogens is 1050 g/mol. The molecule has 0 saturated heterocycles. The van der Waals surface area contributed by atoms with Crippen molar-refractivity contribution in [3.05, 3.63) is 158 Å². The molecule has 0 aromatic heterocycles. The quantitative estimate of drug-likeness (QED) is 0.0195. The molecule has 85 heavy (non-hydrogen) atoms. The van der Waals surface area contributed by atoms with Crippen LogP contribution >= 0.6 is 0 Å². The molecule has 0 aromatic carbocycles. The summed E-state index contributed by atoms with van der Waals surface area (Å²) in [5, 5.41) is 11.8. The Bertz CT molecular complexity index is 1950. The molecule has 0 aliphatic rings. The molecule has 2 unspecified atom stereocenters. The number of likely N-dealkylation sites (N-methyl/N-ethyl adjacent to an activating group) is 1. The van der Waals surface area contributed by atoms with Crippen LogP contribution in [0.4, 0.5) is 0 Å². The van der Waals surface area contributed by atoms with Gasteiger partial charge in [0.25, 0.3) is 0 Å². The van der Waals surface area contributed by atoms with Gasteiger partial charge in [-0.3, -0.25) is 9.59 Å². The van der Waals surface area contributed by atoms with Gasteiger partial charge in [0, 0.05) is 12.8 Å². The van der Waals surface area contributed by atoms with Crippen LogP contribution in [0.15, 0.2) is 158 Å². The van der Waals surface area contributed by atoms with E-state index in [4.69, 9.17) is 18.9 Å². The maximum atomic E-state index is 12.9. The van der Waals surface area contributed by atoms with E-state index >= 15 is 0 Å². The van der Waals surface area contributed by atoms with E-state index in [1.54, 1.807) is 0 Å². The van der Waals surface area contributed by atoms with E-state index in [1.165, 1.54) is 70.6 Å². The maximum absolute atomic E-state index is 12.9. The van der Waals surface area contributed by atoms with E-state index in [1.807, 2.05) is 21.1 Å². The van der Waals surface area contributed by atoms with Crippen molar-refractivity contribution in [1.82, 2.24) is 0 Å². The van der Waals surface area contributed by atoms with Crippen LogP contribution in [0.3, 0.4) is 0 Å². The van der Waals surface area contributed by atoms with Crippen LogP contribution < -0.4 is 5.11 Å². The van der Waals surface area contributed by atoms with Crippen LogP contribution in [-0.4, -0.2) is 82.3 Å². The van der Waals surface area contributed by atoms with Gasteiger partial charge in [-0.25, -0.2) is 0 Å². The first-order valence-electron chi connectivity index (χ1n) is 33.6. The van der Waals surface area contributed by atoms with Gasteiger partial charge < -0.3 is 33.3 Å². The number of rotatable bonds is 60. The van der Waals surface area contributed by atoms with E-state index < -0.39 is 24.3 Å². The molecule has 0 rings (SSSR count). The fourth-order valence-corrected chi connectivity index (χ4v) is 8.63. The molecule has 9 heteroatoms. The molecule has 0 saturated carbocycles. The highest BCUT2D eigenvalue weighted by Gasteiger charge is 2.22. The van der Waals surface area contributed by atoms with Crippen molar-refractivity contribution in [2.75, 3.05) is 47.5 Å². The zero-order valence-electron chi connectivity index (χ0n) is 54.7. The van der Waals surface area contributed by atoms with Gasteiger partial charge in [-0.15, -0.1) is 0 Å². The molecule has 9 nitrogen and oxygen atoms in total. The van der Waals surface area contributed by atoms with Crippen LogP contribution in [0.1, 0.15) is 245 Å². The number of unbranched alkanes of at least 4 members (excludes halogenated alkanes) is 19. The number of carbonyl (C=O) groups excluding carboxylic acids is 3. The summed E-state index contributed by atoms with van der Waals surface area (Å²) in [5.41, 5.74) is 0. The molecule has 0 aliphatic carbocycles. The second kappa shape index (κ2) is 64.9. The first-order valence-corrected chi connectivity index (χ1v) is 33.6. The summed E-state index contributed by atoms with van der Waals surface area (Å²) in [4.78, 5) is 37.4. The van der Waals surface area contributed by atoms with Gasteiger partial charge in [-0.05, 0) is 128 Å². The Morgan fingerprint density at radius 3 is 1.00 bits per heavy atom. The Morgan fingerprint density at radius 2 is 0.671 bits per heavy atom. The third-order valence-corrected chi connectivity index (χ3v) is 13.8. The normalized spacial score (nSPS) is 13.8. The number of nitrogens with zero attached hydrogens (tertiary/aromatic N) is 1. The minimum atomic E-state index is -1.64. The van der Waals surface area contributed by atoms with Crippen molar-refractivity contribution in [1.29, 1.82) is 0 Å². The maximum Gasteiger partial charge on any atom is 0.306 e. The van der Waals surface area contributed by atoms with Gasteiger partial charge >= 0.3 is 11.9 Å². The molecule has 0 aromatic rings. The van der Waals surface area contributed by atoms with E-state index in [2.05, 4.69) is 172 Å². The number of esters is 2. The summed E-state index contributed by atoms with van der Waals surface area (Å²) in [6.45, 7) is 4.57. The molecule has 0 spiro atoms. The highest BCUT2D eigenvalue weighted by atomic mass is 16.7. The van der Waals surface area contributed by atoms with Crippen molar-refractivity contribution in [3.63, 3.8) is 0 Å². The molecule has 480 valence electrons. The fourth-order valence-electron chi connectivity index (χ4n) is 8.63. The highest BCUT2D eigenvalue weighted by Crippen LogP contribution is 2.15. The largest absolute Gasteiger partial charge is 0.545 e. The molecule has 0 bridgehead atoms. The number of quaternary nitrogens is 1. The lowest BCUT2D eigenvalue weighted by Crippen LogP contribution is -2.44. The van der Waals surface area contributed by atoms with Crippen molar-refractivity contribution >= 4 is 17.9 Å². The lowest BCUT2D eigenvalue weighted by Gasteiger charge is -2.26. The first kappa shape index (κ1) is 79.9. The fraction of sp³-hybridized carbons (Fsp3) is 0.618. The van der Waals surface area contributed by atoms with E-state index in [9.17, 15) is 19.5 Å². The number of hydrogen-bond donors (Lipinski definition) is 0. The Kier molecular flexibility index (Phi) is 61.0. The Hall–Kier alpha value is -5.09. The monoisotopic (exact) mass is 1180 g/mol. The number of allylic oxidation sites excluding steroid dienone is 26. The van der Waals surface area contributed by atoms with Crippen molar-refractivity contribution in [3.8, 4) is 0 Å². The highest BCUT2D eigenvalue weighted by molar-refractivity contribution is 5.70. The van der Waals surface area contributed by atoms with Gasteiger partial charge in [0.1, 0.15) is 13.2 Å². The van der Waals surface area contributed by atoms with E-state index in [0.717, 1.165) is 141 Å². The zero-order chi connectivity index (χ0) is 61.9. The number of hydrogen-bond acceptors (Lipinski definition) is 8. The second-order valence-electron chi connectivity index (χ2n) is 23.0. The number of ether oxygens (including phenoxy) is 4.